The molecule has 26 heavy (non-hydrogen) atoms. The largest absolute Gasteiger partial charge is 0.478 e. The third kappa shape index (κ3) is 3.20. The Morgan fingerprint density at radius 3 is 2.73 bits per heavy atom. The van der Waals surface area contributed by atoms with Crippen molar-refractivity contribution in [1.29, 1.82) is 0 Å². The summed E-state index contributed by atoms with van der Waals surface area (Å²) < 4.78 is 33.1. The van der Waals surface area contributed by atoms with Gasteiger partial charge in [0.1, 0.15) is 10.6 Å². The molecule has 0 atom stereocenters. The Morgan fingerprint density at radius 2 is 2.04 bits per heavy atom. The molecule has 138 valence electrons. The highest BCUT2D eigenvalue weighted by atomic mass is 32.2. The van der Waals surface area contributed by atoms with Gasteiger partial charge in [0.2, 0.25) is 0 Å². The molecule has 1 aliphatic rings. The van der Waals surface area contributed by atoms with Crippen LogP contribution in [0.4, 0.5) is 11.4 Å². The van der Waals surface area contributed by atoms with E-state index in [0.717, 1.165) is 23.2 Å². The van der Waals surface area contributed by atoms with Gasteiger partial charge >= 0.3 is 5.97 Å². The second-order valence-electron chi connectivity index (χ2n) is 6.01. The number of rotatable bonds is 5. The minimum atomic E-state index is -3.98. The van der Waals surface area contributed by atoms with Crippen molar-refractivity contribution in [2.24, 2.45) is 0 Å². The van der Waals surface area contributed by atoms with Crippen molar-refractivity contribution < 1.29 is 23.1 Å². The van der Waals surface area contributed by atoms with E-state index in [0.29, 0.717) is 23.7 Å². The van der Waals surface area contributed by atoms with Crippen LogP contribution in [0.5, 0.6) is 11.5 Å². The number of carbonyl (C=O) groups is 1. The average molecular weight is 376 g/mol. The number of fused-ring (bicyclic) bond motifs is 3. The Labute approximate surface area is 152 Å². The van der Waals surface area contributed by atoms with Gasteiger partial charge in [-0.25, -0.2) is 13.2 Å². The maximum Gasteiger partial charge on any atom is 0.335 e. The van der Waals surface area contributed by atoms with E-state index in [4.69, 9.17) is 4.74 Å². The smallest absolute Gasteiger partial charge is 0.335 e. The molecule has 7 nitrogen and oxygen atoms in total. The van der Waals surface area contributed by atoms with Gasteiger partial charge in [0, 0.05) is 19.7 Å². The first-order chi connectivity index (χ1) is 12.3. The quantitative estimate of drug-likeness (QED) is 0.775. The molecule has 3 rings (SSSR count). The number of hydrogen-bond donors (Lipinski definition) is 2. The molecule has 0 aliphatic carbocycles. The SMILES string of the molecule is CCCCNc1cc(C(=O)O)cc2c1Oc1cccc(c1)N(C)S2(=O)=O. The Morgan fingerprint density at radius 1 is 1.27 bits per heavy atom. The van der Waals surface area contributed by atoms with E-state index in [9.17, 15) is 18.3 Å². The van der Waals surface area contributed by atoms with Crippen LogP contribution in [0.1, 0.15) is 30.1 Å². The van der Waals surface area contributed by atoms with Crippen LogP contribution in [0.15, 0.2) is 41.3 Å². The van der Waals surface area contributed by atoms with Crippen LogP contribution in [0.25, 0.3) is 0 Å². The number of sulfonamides is 1. The fourth-order valence-corrected chi connectivity index (χ4v) is 4.05. The fraction of sp³-hybridized carbons (Fsp3) is 0.278. The molecule has 2 aromatic carbocycles. The molecule has 2 aromatic rings. The van der Waals surface area contributed by atoms with Crippen molar-refractivity contribution in [3.8, 4) is 11.5 Å². The maximum atomic E-state index is 13.1. The number of ether oxygens (including phenoxy) is 1. The normalized spacial score (nSPS) is 14.6. The monoisotopic (exact) mass is 376 g/mol. The van der Waals surface area contributed by atoms with Gasteiger partial charge in [-0.1, -0.05) is 19.4 Å². The molecule has 0 radical (unpaired) electrons. The van der Waals surface area contributed by atoms with E-state index in [1.54, 1.807) is 24.3 Å². The van der Waals surface area contributed by atoms with Gasteiger partial charge in [0.25, 0.3) is 10.0 Å². The summed E-state index contributed by atoms with van der Waals surface area (Å²) in [5, 5.41) is 12.5. The number of aromatic carboxylic acids is 1. The molecule has 1 heterocycles. The predicted octanol–water partition coefficient (Wildman–Crippen LogP) is 3.53. The third-order valence-electron chi connectivity index (χ3n) is 4.19. The highest BCUT2D eigenvalue weighted by Gasteiger charge is 2.31. The van der Waals surface area contributed by atoms with E-state index in [-0.39, 0.29) is 16.2 Å². The second-order valence-corrected chi connectivity index (χ2v) is 7.95. The van der Waals surface area contributed by atoms with Crippen molar-refractivity contribution in [2.75, 3.05) is 23.2 Å². The van der Waals surface area contributed by atoms with Crippen LogP contribution in [0.3, 0.4) is 0 Å². The Kier molecular flexibility index (Phi) is 4.78. The molecule has 0 spiro atoms. The molecular formula is C18H20N2O5S. The van der Waals surface area contributed by atoms with E-state index in [1.807, 2.05) is 6.92 Å². The second kappa shape index (κ2) is 6.87. The van der Waals surface area contributed by atoms with Crippen molar-refractivity contribution in [3.63, 3.8) is 0 Å². The summed E-state index contributed by atoms with van der Waals surface area (Å²) in [6.07, 6.45) is 1.80. The highest BCUT2D eigenvalue weighted by Crippen LogP contribution is 2.42. The van der Waals surface area contributed by atoms with E-state index >= 15 is 0 Å². The Hall–Kier alpha value is -2.74. The number of nitrogens with one attached hydrogen (secondary N) is 1. The molecule has 0 amide bonds. The maximum absolute atomic E-state index is 13.1. The summed E-state index contributed by atoms with van der Waals surface area (Å²) in [5.41, 5.74) is 0.666. The van der Waals surface area contributed by atoms with Crippen LogP contribution < -0.4 is 14.4 Å². The molecule has 0 fully saturated rings. The van der Waals surface area contributed by atoms with Gasteiger partial charge in [-0.15, -0.1) is 0 Å². The lowest BCUT2D eigenvalue weighted by molar-refractivity contribution is 0.0696. The van der Waals surface area contributed by atoms with Gasteiger partial charge in [-0.2, -0.15) is 0 Å². The molecule has 0 saturated heterocycles. The van der Waals surface area contributed by atoms with Crippen molar-refractivity contribution in [1.82, 2.24) is 0 Å². The molecule has 2 bridgehead atoms. The number of carboxylic acids is 1. The van der Waals surface area contributed by atoms with E-state index < -0.39 is 16.0 Å². The van der Waals surface area contributed by atoms with Gasteiger partial charge < -0.3 is 15.2 Å². The van der Waals surface area contributed by atoms with Crippen LogP contribution in [0.2, 0.25) is 0 Å². The zero-order chi connectivity index (χ0) is 18.9. The van der Waals surface area contributed by atoms with Crippen LogP contribution >= 0.6 is 0 Å². The van der Waals surface area contributed by atoms with E-state index in [2.05, 4.69) is 5.32 Å². The fourth-order valence-electron chi connectivity index (χ4n) is 2.70. The molecule has 8 heteroatoms. The minimum absolute atomic E-state index is 0.106. The molecule has 0 unspecified atom stereocenters. The van der Waals surface area contributed by atoms with Crippen molar-refractivity contribution >= 4 is 27.4 Å². The third-order valence-corrected chi connectivity index (χ3v) is 5.98. The van der Waals surface area contributed by atoms with Crippen LogP contribution in [-0.4, -0.2) is 33.1 Å². The molecular weight excluding hydrogens is 356 g/mol. The summed E-state index contributed by atoms with van der Waals surface area (Å²) in [7, 11) is -2.55. The molecule has 1 aliphatic heterocycles. The Bertz CT molecular complexity index is 956. The van der Waals surface area contributed by atoms with Crippen molar-refractivity contribution in [2.45, 2.75) is 24.7 Å². The van der Waals surface area contributed by atoms with Gasteiger partial charge in [-0.05, 0) is 30.7 Å². The summed E-state index contributed by atoms with van der Waals surface area (Å²) in [6, 6.07) is 9.24. The zero-order valence-electron chi connectivity index (χ0n) is 14.5. The highest BCUT2D eigenvalue weighted by molar-refractivity contribution is 7.93. The van der Waals surface area contributed by atoms with E-state index in [1.165, 1.54) is 13.1 Å². The summed E-state index contributed by atoms with van der Waals surface area (Å²) in [6.45, 7) is 2.60. The summed E-state index contributed by atoms with van der Waals surface area (Å²) in [4.78, 5) is 11.3. The van der Waals surface area contributed by atoms with Crippen LogP contribution in [0, 0.1) is 0 Å². The zero-order valence-corrected chi connectivity index (χ0v) is 15.3. The number of benzene rings is 2. The molecule has 0 saturated carbocycles. The summed E-state index contributed by atoms with van der Waals surface area (Å²) >= 11 is 0. The van der Waals surface area contributed by atoms with Gasteiger partial charge in [-0.3, -0.25) is 4.31 Å². The molecule has 2 N–H and O–H groups in total. The number of nitrogens with zero attached hydrogens (tertiary/aromatic N) is 1. The minimum Gasteiger partial charge on any atom is -0.478 e. The number of hydrogen-bond acceptors (Lipinski definition) is 5. The first-order valence-electron chi connectivity index (χ1n) is 8.26. The van der Waals surface area contributed by atoms with Gasteiger partial charge in [0.15, 0.2) is 5.75 Å². The van der Waals surface area contributed by atoms with Gasteiger partial charge in [0.05, 0.1) is 16.9 Å². The van der Waals surface area contributed by atoms with Crippen LogP contribution in [-0.2, 0) is 10.0 Å². The molecule has 0 aromatic heterocycles. The predicted molar refractivity (Wildman–Crippen MR) is 98.9 cm³/mol. The average Bonchev–Trinajstić information content (AvgIpc) is 2.61. The van der Waals surface area contributed by atoms with Crippen molar-refractivity contribution in [3.05, 3.63) is 42.0 Å². The lowest BCUT2D eigenvalue weighted by Gasteiger charge is -2.26. The lowest BCUT2D eigenvalue weighted by atomic mass is 10.1. The lowest BCUT2D eigenvalue weighted by Crippen LogP contribution is -2.28. The Balaban J connectivity index is 2.24. The number of carboxylic acid groups (broad SMARTS) is 1. The first-order valence-corrected chi connectivity index (χ1v) is 9.70. The standard InChI is InChI=1S/C18H20N2O5S/c1-3-4-8-19-15-9-12(18(21)22)10-16-17(15)25-14-7-5-6-13(11-14)20(2)26(16,23)24/h5-7,9-11,19H,3-4,8H2,1-2H3,(H,21,22). The first kappa shape index (κ1) is 18.1. The topological polar surface area (TPSA) is 95.9 Å². The number of anilines is 2. The summed E-state index contributed by atoms with van der Waals surface area (Å²) in [5.74, 6) is -0.619. The number of unbranched alkanes of at least 4 members (excludes halogenated alkanes) is 1.